The highest BCUT2D eigenvalue weighted by molar-refractivity contribution is 5.74. The molecule has 0 radical (unpaired) electrons. The maximum atomic E-state index is 10.9. The van der Waals surface area contributed by atoms with E-state index in [1.54, 1.807) is 50.2 Å². The third kappa shape index (κ3) is 3.88. The van der Waals surface area contributed by atoms with Crippen molar-refractivity contribution < 1.29 is 14.5 Å². The maximum Gasteiger partial charge on any atom is 0.220 e. The van der Waals surface area contributed by atoms with E-state index in [-0.39, 0.29) is 4.92 Å². The molecule has 1 heterocycles. The molecule has 0 saturated carbocycles. The highest BCUT2D eigenvalue weighted by Gasteiger charge is 2.30. The van der Waals surface area contributed by atoms with Crippen molar-refractivity contribution in [2.45, 2.75) is 25.8 Å². The summed E-state index contributed by atoms with van der Waals surface area (Å²) >= 11 is 0. The number of aldehydes is 1. The smallest absolute Gasteiger partial charge is 0.220 e. The van der Waals surface area contributed by atoms with Gasteiger partial charge in [-0.2, -0.15) is 0 Å². The van der Waals surface area contributed by atoms with Gasteiger partial charge < -0.3 is 4.74 Å². The van der Waals surface area contributed by atoms with Crippen LogP contribution in [0.25, 0.3) is 0 Å². The van der Waals surface area contributed by atoms with Crippen molar-refractivity contribution in [2.75, 3.05) is 0 Å². The summed E-state index contributed by atoms with van der Waals surface area (Å²) in [5, 5.41) is 10.9. The maximum absolute atomic E-state index is 10.9. The minimum atomic E-state index is -1.01. The van der Waals surface area contributed by atoms with Gasteiger partial charge in [0, 0.05) is 43.0 Å². The van der Waals surface area contributed by atoms with E-state index >= 15 is 0 Å². The van der Waals surface area contributed by atoms with Crippen LogP contribution in [-0.2, 0) is 6.42 Å². The van der Waals surface area contributed by atoms with Gasteiger partial charge in [0.1, 0.15) is 5.75 Å². The first-order valence-electron chi connectivity index (χ1n) is 6.73. The summed E-state index contributed by atoms with van der Waals surface area (Å²) < 4.78 is 5.55. The van der Waals surface area contributed by atoms with E-state index in [9.17, 15) is 14.9 Å². The van der Waals surface area contributed by atoms with E-state index in [0.717, 1.165) is 5.56 Å². The van der Waals surface area contributed by atoms with Crippen molar-refractivity contribution in [1.29, 1.82) is 0 Å². The normalized spacial score (nSPS) is 11.0. The van der Waals surface area contributed by atoms with E-state index < -0.39 is 5.54 Å². The van der Waals surface area contributed by atoms with Gasteiger partial charge in [0.2, 0.25) is 11.4 Å². The fourth-order valence-corrected chi connectivity index (χ4v) is 1.88. The summed E-state index contributed by atoms with van der Waals surface area (Å²) in [6.07, 6.45) is 2.48. The quantitative estimate of drug-likeness (QED) is 0.464. The van der Waals surface area contributed by atoms with Crippen LogP contribution < -0.4 is 4.74 Å². The molecule has 114 valence electrons. The van der Waals surface area contributed by atoms with E-state index in [0.29, 0.717) is 29.9 Å². The lowest BCUT2D eigenvalue weighted by Gasteiger charge is -2.15. The van der Waals surface area contributed by atoms with Crippen molar-refractivity contribution >= 4 is 6.29 Å². The zero-order valence-corrected chi connectivity index (χ0v) is 12.4. The van der Waals surface area contributed by atoms with Gasteiger partial charge in [-0.3, -0.25) is 14.9 Å². The van der Waals surface area contributed by atoms with Gasteiger partial charge in [-0.15, -0.1) is 0 Å². The number of ether oxygens (including phenoxy) is 1. The molecule has 0 atom stereocenters. The van der Waals surface area contributed by atoms with Crippen LogP contribution in [-0.4, -0.2) is 21.7 Å². The Morgan fingerprint density at radius 3 is 2.41 bits per heavy atom. The minimum absolute atomic E-state index is 0.282. The molecular weight excluding hydrogens is 284 g/mol. The van der Waals surface area contributed by atoms with Crippen LogP contribution in [0.4, 0.5) is 0 Å². The fraction of sp³-hybridized carbons (Fsp3) is 0.250. The lowest BCUT2D eigenvalue weighted by Crippen LogP contribution is -2.33. The Balaban J connectivity index is 2.05. The summed E-state index contributed by atoms with van der Waals surface area (Å²) in [5.74, 6) is 0.956. The largest absolute Gasteiger partial charge is 0.439 e. The number of benzene rings is 1. The Morgan fingerprint density at radius 1 is 1.23 bits per heavy atom. The Morgan fingerprint density at radius 2 is 1.91 bits per heavy atom. The van der Waals surface area contributed by atoms with Crippen molar-refractivity contribution in [2.24, 2.45) is 0 Å². The van der Waals surface area contributed by atoms with E-state index in [4.69, 9.17) is 4.74 Å². The second-order valence-electron chi connectivity index (χ2n) is 5.54. The zero-order chi connectivity index (χ0) is 16.2. The highest BCUT2D eigenvalue weighted by Crippen LogP contribution is 2.22. The first-order valence-corrected chi connectivity index (χ1v) is 6.73. The summed E-state index contributed by atoms with van der Waals surface area (Å²) in [7, 11) is 0. The Bertz CT molecular complexity index is 664. The first kappa shape index (κ1) is 15.6. The molecule has 0 N–H and O–H groups in total. The number of carbonyl (C=O) groups excluding carboxylic acids is 1. The Hall–Kier alpha value is -2.76. The molecule has 2 rings (SSSR count). The van der Waals surface area contributed by atoms with Crippen LogP contribution >= 0.6 is 0 Å². The molecule has 6 heteroatoms. The van der Waals surface area contributed by atoms with Crippen LogP contribution in [0, 0.1) is 10.1 Å². The minimum Gasteiger partial charge on any atom is -0.439 e. The van der Waals surface area contributed by atoms with Crippen molar-refractivity contribution in [3.63, 3.8) is 0 Å². The third-order valence-electron chi connectivity index (χ3n) is 3.17. The predicted molar refractivity (Wildman–Crippen MR) is 80.9 cm³/mol. The number of hydrogen-bond donors (Lipinski definition) is 0. The number of nitrogens with zero attached hydrogens (tertiary/aromatic N) is 2. The predicted octanol–water partition coefficient (Wildman–Crippen LogP) is 3.28. The Labute approximate surface area is 127 Å². The number of carbonyl (C=O) groups is 1. The molecule has 0 amide bonds. The molecule has 0 unspecified atom stereocenters. The number of aromatic nitrogens is 1. The average Bonchev–Trinajstić information content (AvgIpc) is 2.49. The SMILES string of the molecule is CC(C)(Cc1ccc(Oc2ccc(C=O)cn2)cc1)[N+](=O)[O-]. The molecule has 0 spiro atoms. The zero-order valence-electron chi connectivity index (χ0n) is 12.4. The summed E-state index contributed by atoms with van der Waals surface area (Å²) in [4.78, 5) is 25.2. The molecule has 1 aromatic carbocycles. The van der Waals surface area contributed by atoms with Gasteiger partial charge in [-0.1, -0.05) is 12.1 Å². The van der Waals surface area contributed by atoms with Crippen LogP contribution in [0.1, 0.15) is 29.8 Å². The van der Waals surface area contributed by atoms with Crippen LogP contribution in [0.3, 0.4) is 0 Å². The molecule has 0 fully saturated rings. The standard InChI is InChI=1S/C16H16N2O4/c1-16(2,18(20)21)9-12-3-6-14(7-4-12)22-15-8-5-13(11-19)10-17-15/h3-8,10-11H,9H2,1-2H3. The lowest BCUT2D eigenvalue weighted by molar-refractivity contribution is -0.560. The topological polar surface area (TPSA) is 82.3 Å². The Kier molecular flexibility index (Phi) is 4.50. The van der Waals surface area contributed by atoms with Gasteiger partial charge in [0.05, 0.1) is 0 Å². The molecule has 0 saturated heterocycles. The lowest BCUT2D eigenvalue weighted by atomic mass is 9.96. The number of hydrogen-bond acceptors (Lipinski definition) is 5. The molecule has 2 aromatic rings. The fourth-order valence-electron chi connectivity index (χ4n) is 1.88. The molecule has 0 aliphatic rings. The third-order valence-corrected chi connectivity index (χ3v) is 3.17. The monoisotopic (exact) mass is 300 g/mol. The van der Waals surface area contributed by atoms with Gasteiger partial charge in [-0.25, -0.2) is 4.98 Å². The van der Waals surface area contributed by atoms with Crippen LogP contribution in [0.2, 0.25) is 0 Å². The summed E-state index contributed by atoms with van der Waals surface area (Å²) in [6, 6.07) is 10.3. The van der Waals surface area contributed by atoms with Gasteiger partial charge in [0.25, 0.3) is 0 Å². The van der Waals surface area contributed by atoms with Crippen molar-refractivity contribution in [3.05, 3.63) is 63.8 Å². The molecule has 0 aliphatic heterocycles. The van der Waals surface area contributed by atoms with Crippen molar-refractivity contribution in [3.8, 4) is 11.6 Å². The summed E-state index contributed by atoms with van der Waals surface area (Å²) in [6.45, 7) is 3.19. The van der Waals surface area contributed by atoms with Gasteiger partial charge in [0.15, 0.2) is 6.29 Å². The van der Waals surface area contributed by atoms with E-state index in [1.807, 2.05) is 0 Å². The average molecular weight is 300 g/mol. The molecule has 6 nitrogen and oxygen atoms in total. The van der Waals surface area contributed by atoms with Crippen molar-refractivity contribution in [1.82, 2.24) is 4.98 Å². The van der Waals surface area contributed by atoms with Crippen LogP contribution in [0.5, 0.6) is 11.6 Å². The molecule has 0 aliphatic carbocycles. The molecule has 1 aromatic heterocycles. The highest BCUT2D eigenvalue weighted by atomic mass is 16.6. The summed E-state index contributed by atoms with van der Waals surface area (Å²) in [5.41, 5.74) is 0.331. The number of rotatable bonds is 6. The second-order valence-corrected chi connectivity index (χ2v) is 5.54. The van der Waals surface area contributed by atoms with E-state index in [1.165, 1.54) is 6.20 Å². The number of nitro groups is 1. The first-order chi connectivity index (χ1) is 10.4. The number of pyridine rings is 1. The van der Waals surface area contributed by atoms with Gasteiger partial charge in [-0.05, 0) is 23.8 Å². The second kappa shape index (κ2) is 6.34. The van der Waals surface area contributed by atoms with Gasteiger partial charge >= 0.3 is 0 Å². The molecule has 0 bridgehead atoms. The molecular formula is C16H16N2O4. The van der Waals surface area contributed by atoms with Crippen LogP contribution in [0.15, 0.2) is 42.6 Å². The van der Waals surface area contributed by atoms with E-state index in [2.05, 4.69) is 4.98 Å². The molecule has 22 heavy (non-hydrogen) atoms.